The van der Waals surface area contributed by atoms with E-state index < -0.39 is 17.7 Å². The normalized spacial score (nSPS) is 22.0. The molecule has 0 aromatic carbocycles. The molecule has 0 aromatic rings. The minimum atomic E-state index is -1.03. The highest BCUT2D eigenvalue weighted by Gasteiger charge is 2.51. The first-order chi connectivity index (χ1) is 8.60. The Balaban J connectivity index is 2.93. The molecule has 5 nitrogen and oxygen atoms in total. The highest BCUT2D eigenvalue weighted by atomic mass is 16.4. The lowest BCUT2D eigenvalue weighted by molar-refractivity contribution is -0.124. The molecule has 1 saturated carbocycles. The summed E-state index contributed by atoms with van der Waals surface area (Å²) >= 11 is 0. The highest BCUT2D eigenvalue weighted by Crippen LogP contribution is 2.45. The molecule has 0 unspecified atom stereocenters. The molecule has 0 heterocycles. The lowest BCUT2D eigenvalue weighted by Crippen LogP contribution is -2.63. The van der Waals surface area contributed by atoms with Crippen LogP contribution >= 0.6 is 0 Å². The number of carboxylic acid groups (broad SMARTS) is 1. The van der Waals surface area contributed by atoms with Crippen molar-refractivity contribution >= 4 is 6.09 Å². The number of nitrogens with two attached hydrogens (primary N) is 1. The molecule has 5 heteroatoms. The maximum atomic E-state index is 11.2. The zero-order valence-electron chi connectivity index (χ0n) is 12.5. The third-order valence-electron chi connectivity index (χ3n) is 4.54. The first kappa shape index (κ1) is 16.2. The second-order valence-electron chi connectivity index (χ2n) is 6.83. The van der Waals surface area contributed by atoms with Crippen molar-refractivity contribution in [2.45, 2.75) is 58.1 Å². The van der Waals surface area contributed by atoms with Crippen LogP contribution in [0.3, 0.4) is 0 Å². The smallest absolute Gasteiger partial charge is 0.407 e. The van der Waals surface area contributed by atoms with Crippen molar-refractivity contribution in [1.29, 1.82) is 0 Å². The lowest BCUT2D eigenvalue weighted by atomic mass is 9.64. The number of nitrogens with zero attached hydrogens (tertiary/aromatic N) is 1. The molecule has 1 aliphatic carbocycles. The van der Waals surface area contributed by atoms with E-state index in [1.165, 1.54) is 7.05 Å². The summed E-state index contributed by atoms with van der Waals surface area (Å²) in [7, 11) is 1.49. The molecule has 0 saturated heterocycles. The van der Waals surface area contributed by atoms with Crippen LogP contribution in [0.4, 0.5) is 4.79 Å². The van der Waals surface area contributed by atoms with Crippen molar-refractivity contribution in [3.8, 4) is 0 Å². The van der Waals surface area contributed by atoms with Gasteiger partial charge in [-0.25, -0.2) is 4.79 Å². The molecule has 112 valence electrons. The monoisotopic (exact) mass is 272 g/mol. The lowest BCUT2D eigenvalue weighted by Gasteiger charge is -2.49. The van der Waals surface area contributed by atoms with Gasteiger partial charge in [0.05, 0.1) is 11.6 Å². The predicted molar refractivity (Wildman–Crippen MR) is 75.0 cm³/mol. The molecule has 1 amide bonds. The molecule has 1 aliphatic rings. The third-order valence-corrected chi connectivity index (χ3v) is 4.54. The minimum absolute atomic E-state index is 0.152. The predicted octanol–water partition coefficient (Wildman–Crippen LogP) is 1.89. The summed E-state index contributed by atoms with van der Waals surface area (Å²) in [5, 5.41) is 20.2. The summed E-state index contributed by atoms with van der Waals surface area (Å²) in [6.45, 7) is 6.09. The Morgan fingerprint density at radius 2 is 1.84 bits per heavy atom. The molecular formula is C14H28N2O3. The summed E-state index contributed by atoms with van der Waals surface area (Å²) in [6, 6.07) is -0.573. The Morgan fingerprint density at radius 1 is 1.37 bits per heavy atom. The van der Waals surface area contributed by atoms with Crippen molar-refractivity contribution in [1.82, 2.24) is 4.90 Å². The van der Waals surface area contributed by atoms with Gasteiger partial charge in [0.15, 0.2) is 0 Å². The maximum absolute atomic E-state index is 11.2. The molecule has 0 spiro atoms. The molecule has 0 aliphatic heterocycles. The van der Waals surface area contributed by atoms with E-state index in [1.54, 1.807) is 0 Å². The van der Waals surface area contributed by atoms with E-state index in [1.807, 2.05) is 20.8 Å². The minimum Gasteiger partial charge on any atom is -0.465 e. The number of aliphatic hydroxyl groups is 1. The zero-order chi connectivity index (χ0) is 14.8. The molecule has 4 N–H and O–H groups in total. The summed E-state index contributed by atoms with van der Waals surface area (Å²) < 4.78 is 0. The Labute approximate surface area is 115 Å². The molecule has 0 bridgehead atoms. The Bertz CT molecular complexity index is 321. The van der Waals surface area contributed by atoms with Gasteiger partial charge in [-0.3, -0.25) is 0 Å². The van der Waals surface area contributed by atoms with Crippen LogP contribution in [0.2, 0.25) is 0 Å². The average Bonchev–Trinajstić information content (AvgIpc) is 2.79. The standard InChI is InChI=1S/C14H28N2O3/c1-13(2,3)14(19,10-7-5-6-8-10)11(15)9-16(4)12(17)18/h10-11,19H,5-9,15H2,1-4H3,(H,17,18)/t11-,14-/m1/s1. The molecule has 2 atom stereocenters. The molecule has 1 fully saturated rings. The summed E-state index contributed by atoms with van der Waals surface area (Å²) in [5.74, 6) is 0.157. The van der Waals surface area contributed by atoms with Gasteiger partial charge in [0.2, 0.25) is 0 Å². The Morgan fingerprint density at radius 3 is 2.21 bits per heavy atom. The highest BCUT2D eigenvalue weighted by molar-refractivity contribution is 5.64. The van der Waals surface area contributed by atoms with Crippen LogP contribution in [0.5, 0.6) is 0 Å². The zero-order valence-corrected chi connectivity index (χ0v) is 12.5. The molecule has 1 rings (SSSR count). The van der Waals surface area contributed by atoms with E-state index in [0.717, 1.165) is 30.6 Å². The summed E-state index contributed by atoms with van der Waals surface area (Å²) in [6.07, 6.45) is 3.16. The third kappa shape index (κ3) is 3.20. The maximum Gasteiger partial charge on any atom is 0.407 e. The van der Waals surface area contributed by atoms with E-state index in [9.17, 15) is 9.90 Å². The van der Waals surface area contributed by atoms with E-state index in [4.69, 9.17) is 10.8 Å². The number of carbonyl (C=O) groups is 1. The van der Waals surface area contributed by atoms with Crippen LogP contribution in [0, 0.1) is 11.3 Å². The fraction of sp³-hybridized carbons (Fsp3) is 0.929. The molecular weight excluding hydrogens is 244 g/mol. The van der Waals surface area contributed by atoms with Crippen LogP contribution in [0.25, 0.3) is 0 Å². The van der Waals surface area contributed by atoms with Crippen LogP contribution in [-0.2, 0) is 0 Å². The van der Waals surface area contributed by atoms with Crippen LogP contribution < -0.4 is 5.73 Å². The van der Waals surface area contributed by atoms with Crippen molar-refractivity contribution in [3.05, 3.63) is 0 Å². The van der Waals surface area contributed by atoms with Crippen LogP contribution in [0.1, 0.15) is 46.5 Å². The van der Waals surface area contributed by atoms with Crippen molar-refractivity contribution in [3.63, 3.8) is 0 Å². The van der Waals surface area contributed by atoms with E-state index in [2.05, 4.69) is 0 Å². The fourth-order valence-electron chi connectivity index (χ4n) is 3.35. The molecule has 0 radical (unpaired) electrons. The quantitative estimate of drug-likeness (QED) is 0.729. The summed E-state index contributed by atoms with van der Waals surface area (Å²) in [4.78, 5) is 12.1. The van der Waals surface area contributed by atoms with E-state index >= 15 is 0 Å². The number of rotatable bonds is 4. The van der Waals surface area contributed by atoms with Crippen molar-refractivity contribution < 1.29 is 15.0 Å². The second kappa shape index (κ2) is 5.67. The van der Waals surface area contributed by atoms with Gasteiger partial charge >= 0.3 is 6.09 Å². The van der Waals surface area contributed by atoms with Gasteiger partial charge in [0.25, 0.3) is 0 Å². The average molecular weight is 272 g/mol. The van der Waals surface area contributed by atoms with Gasteiger partial charge in [-0.1, -0.05) is 33.6 Å². The Hall–Kier alpha value is -0.810. The molecule has 0 aromatic heterocycles. The Kier molecular flexibility index (Phi) is 4.85. The largest absolute Gasteiger partial charge is 0.465 e. The number of hydrogen-bond donors (Lipinski definition) is 3. The fourth-order valence-corrected chi connectivity index (χ4v) is 3.35. The van der Waals surface area contributed by atoms with Gasteiger partial charge in [-0.15, -0.1) is 0 Å². The van der Waals surface area contributed by atoms with Gasteiger partial charge in [0, 0.05) is 13.6 Å². The number of likely N-dealkylation sites (N-methyl/N-ethyl adjacent to an activating group) is 1. The first-order valence-corrected chi connectivity index (χ1v) is 7.02. The van der Waals surface area contributed by atoms with E-state index in [0.29, 0.717) is 0 Å². The van der Waals surface area contributed by atoms with E-state index in [-0.39, 0.29) is 17.9 Å². The van der Waals surface area contributed by atoms with Gasteiger partial charge < -0.3 is 20.8 Å². The van der Waals surface area contributed by atoms with Crippen LogP contribution in [-0.4, -0.2) is 46.4 Å². The van der Waals surface area contributed by atoms with Gasteiger partial charge in [-0.05, 0) is 24.2 Å². The van der Waals surface area contributed by atoms with Gasteiger partial charge in [0.1, 0.15) is 0 Å². The van der Waals surface area contributed by atoms with Gasteiger partial charge in [-0.2, -0.15) is 0 Å². The number of amides is 1. The van der Waals surface area contributed by atoms with Crippen molar-refractivity contribution in [2.75, 3.05) is 13.6 Å². The topological polar surface area (TPSA) is 86.8 Å². The van der Waals surface area contributed by atoms with Crippen LogP contribution in [0.15, 0.2) is 0 Å². The number of hydrogen-bond acceptors (Lipinski definition) is 3. The second-order valence-corrected chi connectivity index (χ2v) is 6.83. The van der Waals surface area contributed by atoms with Crippen molar-refractivity contribution in [2.24, 2.45) is 17.1 Å². The SMILES string of the molecule is CN(C[C@@H](N)[C@](O)(C1CCCC1)C(C)(C)C)C(=O)O. The summed E-state index contributed by atoms with van der Waals surface area (Å²) in [5.41, 5.74) is 4.79. The first-order valence-electron chi connectivity index (χ1n) is 7.02. The molecule has 19 heavy (non-hydrogen) atoms.